The van der Waals surface area contributed by atoms with Crippen LogP contribution in [0.4, 0.5) is 5.69 Å². The lowest BCUT2D eigenvalue weighted by atomic mass is 10.1. The molecule has 2 aromatic rings. The molecule has 0 aliphatic rings. The maximum Gasteiger partial charge on any atom is 0.251 e. The minimum atomic E-state index is -3.40. The number of carbonyl (C=O) groups is 1. The first kappa shape index (κ1) is 20.8. The van der Waals surface area contributed by atoms with Gasteiger partial charge in [-0.25, -0.2) is 8.42 Å². The third-order valence-electron chi connectivity index (χ3n) is 4.29. The van der Waals surface area contributed by atoms with E-state index >= 15 is 0 Å². The van der Waals surface area contributed by atoms with Crippen molar-refractivity contribution in [3.05, 3.63) is 59.2 Å². The molecular formula is C20H26N2O4S. The Labute approximate surface area is 161 Å². The SMILES string of the molecule is Cc1ccc(OC[C@@H](C)NC(=O)c2cccc(N(C)S(C)(=O)=O)c2C)cc1. The molecule has 1 atom stereocenters. The summed E-state index contributed by atoms with van der Waals surface area (Å²) in [6.45, 7) is 5.92. The van der Waals surface area contributed by atoms with E-state index in [0.29, 0.717) is 23.4 Å². The lowest BCUT2D eigenvalue weighted by molar-refractivity contribution is 0.0926. The molecule has 0 bridgehead atoms. The summed E-state index contributed by atoms with van der Waals surface area (Å²) in [5, 5.41) is 2.89. The predicted octanol–water partition coefficient (Wildman–Crippen LogP) is 2.90. The van der Waals surface area contributed by atoms with Crippen LogP contribution in [-0.2, 0) is 10.0 Å². The van der Waals surface area contributed by atoms with Crippen LogP contribution in [0.3, 0.4) is 0 Å². The van der Waals surface area contributed by atoms with Crippen LogP contribution >= 0.6 is 0 Å². The molecule has 1 N–H and O–H groups in total. The average Bonchev–Trinajstić information content (AvgIpc) is 2.60. The van der Waals surface area contributed by atoms with Crippen LogP contribution < -0.4 is 14.4 Å². The van der Waals surface area contributed by atoms with Gasteiger partial charge < -0.3 is 10.1 Å². The Morgan fingerprint density at radius 3 is 2.37 bits per heavy atom. The van der Waals surface area contributed by atoms with Crippen molar-refractivity contribution in [1.29, 1.82) is 0 Å². The third kappa shape index (κ3) is 5.47. The molecule has 0 aliphatic heterocycles. The maximum absolute atomic E-state index is 12.6. The predicted molar refractivity (Wildman–Crippen MR) is 108 cm³/mol. The van der Waals surface area contributed by atoms with Crippen molar-refractivity contribution in [2.45, 2.75) is 26.8 Å². The highest BCUT2D eigenvalue weighted by Crippen LogP contribution is 2.24. The Morgan fingerprint density at radius 2 is 1.78 bits per heavy atom. The van der Waals surface area contributed by atoms with Crippen LogP contribution in [0.2, 0.25) is 0 Å². The molecule has 0 aromatic heterocycles. The number of nitrogens with one attached hydrogen (secondary N) is 1. The second kappa shape index (κ2) is 8.43. The molecule has 1 amide bonds. The van der Waals surface area contributed by atoms with Gasteiger partial charge >= 0.3 is 0 Å². The Kier molecular flexibility index (Phi) is 6.49. The highest BCUT2D eigenvalue weighted by molar-refractivity contribution is 7.92. The quantitative estimate of drug-likeness (QED) is 0.789. The van der Waals surface area contributed by atoms with Gasteiger partial charge in [-0.15, -0.1) is 0 Å². The molecule has 0 saturated carbocycles. The van der Waals surface area contributed by atoms with Crippen LogP contribution in [0.5, 0.6) is 5.75 Å². The molecule has 0 fully saturated rings. The number of carbonyl (C=O) groups excluding carboxylic acids is 1. The monoisotopic (exact) mass is 390 g/mol. The summed E-state index contributed by atoms with van der Waals surface area (Å²) in [6.07, 6.45) is 1.13. The molecule has 27 heavy (non-hydrogen) atoms. The van der Waals surface area contributed by atoms with E-state index in [0.717, 1.165) is 17.6 Å². The summed E-state index contributed by atoms with van der Waals surface area (Å²) >= 11 is 0. The number of sulfonamides is 1. The number of nitrogens with zero attached hydrogens (tertiary/aromatic N) is 1. The van der Waals surface area contributed by atoms with E-state index < -0.39 is 10.0 Å². The van der Waals surface area contributed by atoms with Crippen molar-refractivity contribution in [3.8, 4) is 5.75 Å². The van der Waals surface area contributed by atoms with Crippen molar-refractivity contribution in [1.82, 2.24) is 5.32 Å². The number of amides is 1. The first-order chi connectivity index (χ1) is 12.6. The highest BCUT2D eigenvalue weighted by atomic mass is 32.2. The molecule has 0 aliphatic carbocycles. The van der Waals surface area contributed by atoms with Gasteiger partial charge in [-0.3, -0.25) is 9.10 Å². The topological polar surface area (TPSA) is 75.7 Å². The number of anilines is 1. The fraction of sp³-hybridized carbons (Fsp3) is 0.350. The summed E-state index contributed by atoms with van der Waals surface area (Å²) in [5.41, 5.74) is 2.67. The Morgan fingerprint density at radius 1 is 1.15 bits per heavy atom. The Hall–Kier alpha value is -2.54. The standard InChI is InChI=1S/C20H26N2O4S/c1-14-9-11-17(12-10-14)26-13-15(2)21-20(23)18-7-6-8-19(16(18)3)22(4)27(5,24)25/h6-12,15H,13H2,1-5H3,(H,21,23)/t15-/m1/s1. The van der Waals surface area contributed by atoms with Crippen LogP contribution in [0.1, 0.15) is 28.4 Å². The van der Waals surface area contributed by atoms with E-state index in [1.54, 1.807) is 25.1 Å². The minimum Gasteiger partial charge on any atom is -0.491 e. The summed E-state index contributed by atoms with van der Waals surface area (Å²) in [5.74, 6) is 0.478. The second-order valence-electron chi connectivity index (χ2n) is 6.68. The van der Waals surface area contributed by atoms with E-state index in [4.69, 9.17) is 4.74 Å². The molecule has 0 heterocycles. The summed E-state index contributed by atoms with van der Waals surface area (Å²) in [7, 11) is -1.94. The molecule has 146 valence electrons. The molecule has 0 radical (unpaired) electrons. The molecule has 0 saturated heterocycles. The summed E-state index contributed by atoms with van der Waals surface area (Å²) < 4.78 is 30.4. The van der Waals surface area contributed by atoms with E-state index in [-0.39, 0.29) is 11.9 Å². The third-order valence-corrected chi connectivity index (χ3v) is 5.48. The van der Waals surface area contributed by atoms with Gasteiger partial charge in [0.2, 0.25) is 10.0 Å². The maximum atomic E-state index is 12.6. The zero-order valence-corrected chi connectivity index (χ0v) is 17.1. The van der Waals surface area contributed by atoms with Crippen molar-refractivity contribution in [2.75, 3.05) is 24.2 Å². The summed E-state index contributed by atoms with van der Waals surface area (Å²) in [4.78, 5) is 12.6. The smallest absolute Gasteiger partial charge is 0.251 e. The zero-order valence-electron chi connectivity index (χ0n) is 16.3. The van der Waals surface area contributed by atoms with E-state index in [1.807, 2.05) is 38.1 Å². The highest BCUT2D eigenvalue weighted by Gasteiger charge is 2.19. The van der Waals surface area contributed by atoms with Crippen molar-refractivity contribution < 1.29 is 17.9 Å². The summed E-state index contributed by atoms with van der Waals surface area (Å²) in [6, 6.07) is 12.5. The van der Waals surface area contributed by atoms with Gasteiger partial charge in [0.25, 0.3) is 5.91 Å². The molecule has 7 heteroatoms. The van der Waals surface area contributed by atoms with Gasteiger partial charge in [-0.1, -0.05) is 23.8 Å². The lowest BCUT2D eigenvalue weighted by Gasteiger charge is -2.21. The van der Waals surface area contributed by atoms with Gasteiger partial charge in [-0.2, -0.15) is 0 Å². The average molecular weight is 391 g/mol. The number of hydrogen-bond acceptors (Lipinski definition) is 4. The number of benzene rings is 2. The molecule has 2 aromatic carbocycles. The van der Waals surface area contributed by atoms with E-state index in [2.05, 4.69) is 5.32 Å². The largest absolute Gasteiger partial charge is 0.491 e. The van der Waals surface area contributed by atoms with Crippen LogP contribution in [0.25, 0.3) is 0 Å². The van der Waals surface area contributed by atoms with Gasteiger partial charge in [0.15, 0.2) is 0 Å². The molecule has 0 spiro atoms. The van der Waals surface area contributed by atoms with Crippen LogP contribution in [0.15, 0.2) is 42.5 Å². The van der Waals surface area contributed by atoms with Gasteiger partial charge in [0, 0.05) is 12.6 Å². The Balaban J connectivity index is 2.05. The molecular weight excluding hydrogens is 364 g/mol. The number of hydrogen-bond donors (Lipinski definition) is 1. The van der Waals surface area contributed by atoms with Gasteiger partial charge in [0.05, 0.1) is 18.0 Å². The van der Waals surface area contributed by atoms with Crippen LogP contribution in [-0.4, -0.2) is 40.3 Å². The number of rotatable bonds is 7. The van der Waals surface area contributed by atoms with Crippen molar-refractivity contribution in [2.24, 2.45) is 0 Å². The van der Waals surface area contributed by atoms with Gasteiger partial charge in [-0.05, 0) is 50.6 Å². The van der Waals surface area contributed by atoms with E-state index in [9.17, 15) is 13.2 Å². The number of ether oxygens (including phenoxy) is 1. The molecule has 0 unspecified atom stereocenters. The second-order valence-corrected chi connectivity index (χ2v) is 8.69. The van der Waals surface area contributed by atoms with Crippen LogP contribution in [0, 0.1) is 13.8 Å². The molecule has 2 rings (SSSR count). The zero-order chi connectivity index (χ0) is 20.2. The first-order valence-electron chi connectivity index (χ1n) is 8.63. The van der Waals surface area contributed by atoms with Crippen molar-refractivity contribution in [3.63, 3.8) is 0 Å². The normalized spacial score (nSPS) is 12.3. The van der Waals surface area contributed by atoms with Crippen molar-refractivity contribution >= 4 is 21.6 Å². The number of aryl methyl sites for hydroxylation is 1. The Bertz CT molecular complexity index is 908. The lowest BCUT2D eigenvalue weighted by Crippen LogP contribution is -2.37. The fourth-order valence-corrected chi connectivity index (χ4v) is 3.14. The first-order valence-corrected chi connectivity index (χ1v) is 10.5. The van der Waals surface area contributed by atoms with Gasteiger partial charge in [0.1, 0.15) is 12.4 Å². The fourth-order valence-electron chi connectivity index (χ4n) is 2.59. The van der Waals surface area contributed by atoms with E-state index in [1.165, 1.54) is 11.4 Å². The molecule has 6 nitrogen and oxygen atoms in total. The minimum absolute atomic E-state index is 0.213.